The van der Waals surface area contributed by atoms with Crippen LogP contribution < -0.4 is 5.11 Å². The molecule has 0 radical (unpaired) electrons. The SMILES string of the molecule is CCCCC/C=C/CC[N+](CCC(C)C(=O)[O-])(CCC(C)C(=O)O)CCC(C)C(=O)O. The maximum absolute atomic E-state index is 11.3. The monoisotopic (exact) mass is 441 g/mol. The first-order valence-electron chi connectivity index (χ1n) is 11.7. The normalized spacial score (nSPS) is 16.5. The van der Waals surface area contributed by atoms with Gasteiger partial charge in [0.15, 0.2) is 0 Å². The topological polar surface area (TPSA) is 115 Å². The number of carboxylic acids is 3. The van der Waals surface area contributed by atoms with E-state index in [9.17, 15) is 29.7 Å². The van der Waals surface area contributed by atoms with E-state index in [1.54, 1.807) is 20.8 Å². The van der Waals surface area contributed by atoms with Gasteiger partial charge in [0.2, 0.25) is 0 Å². The second-order valence-corrected chi connectivity index (χ2v) is 9.06. The van der Waals surface area contributed by atoms with Gasteiger partial charge in [0.1, 0.15) is 0 Å². The zero-order chi connectivity index (χ0) is 23.9. The van der Waals surface area contributed by atoms with Gasteiger partial charge in [-0.3, -0.25) is 9.59 Å². The fourth-order valence-corrected chi connectivity index (χ4v) is 3.53. The molecule has 0 heterocycles. The molecule has 0 rings (SSSR count). The molecule has 2 N–H and O–H groups in total. The minimum Gasteiger partial charge on any atom is -0.550 e. The van der Waals surface area contributed by atoms with Crippen molar-refractivity contribution >= 4 is 17.9 Å². The van der Waals surface area contributed by atoms with Crippen molar-refractivity contribution in [1.82, 2.24) is 0 Å². The number of allylic oxidation sites excluding steroid dienone is 1. The van der Waals surface area contributed by atoms with Gasteiger partial charge in [0.25, 0.3) is 0 Å². The molecule has 0 aromatic rings. The maximum Gasteiger partial charge on any atom is 0.306 e. The highest BCUT2D eigenvalue weighted by atomic mass is 16.4. The highest BCUT2D eigenvalue weighted by Gasteiger charge is 2.30. The first-order chi connectivity index (χ1) is 14.5. The van der Waals surface area contributed by atoms with E-state index in [1.165, 1.54) is 12.8 Å². The molecule has 7 nitrogen and oxygen atoms in total. The number of unbranched alkanes of at least 4 members (excludes halogenated alkanes) is 3. The minimum absolute atomic E-state index is 0.422. The molecule has 31 heavy (non-hydrogen) atoms. The van der Waals surface area contributed by atoms with Crippen LogP contribution in [0.15, 0.2) is 12.2 Å². The summed E-state index contributed by atoms with van der Waals surface area (Å²) in [6.07, 6.45) is 11.0. The Labute approximate surface area is 187 Å². The van der Waals surface area contributed by atoms with Gasteiger partial charge in [-0.15, -0.1) is 0 Å². The maximum atomic E-state index is 11.3. The van der Waals surface area contributed by atoms with Gasteiger partial charge < -0.3 is 24.6 Å². The van der Waals surface area contributed by atoms with Crippen molar-refractivity contribution in [2.24, 2.45) is 17.8 Å². The molecule has 0 spiro atoms. The molecular weight excluding hydrogens is 398 g/mol. The number of aliphatic carboxylic acids is 3. The molecule has 0 aromatic heterocycles. The van der Waals surface area contributed by atoms with E-state index in [0.717, 1.165) is 25.8 Å². The smallest absolute Gasteiger partial charge is 0.306 e. The quantitative estimate of drug-likeness (QED) is 0.180. The highest BCUT2D eigenvalue weighted by molar-refractivity contribution is 5.69. The van der Waals surface area contributed by atoms with Crippen LogP contribution in [0.3, 0.4) is 0 Å². The molecule has 0 fully saturated rings. The summed E-state index contributed by atoms with van der Waals surface area (Å²) >= 11 is 0. The molecule has 0 aliphatic rings. The van der Waals surface area contributed by atoms with Crippen molar-refractivity contribution in [2.45, 2.75) is 79.1 Å². The van der Waals surface area contributed by atoms with E-state index in [-0.39, 0.29) is 0 Å². The van der Waals surface area contributed by atoms with E-state index in [0.29, 0.717) is 43.4 Å². The van der Waals surface area contributed by atoms with Crippen LogP contribution in [-0.2, 0) is 14.4 Å². The second-order valence-electron chi connectivity index (χ2n) is 9.06. The Balaban J connectivity index is 5.37. The summed E-state index contributed by atoms with van der Waals surface area (Å²) in [4.78, 5) is 33.9. The lowest BCUT2D eigenvalue weighted by Crippen LogP contribution is -2.52. The van der Waals surface area contributed by atoms with Crippen LogP contribution in [0, 0.1) is 17.8 Å². The molecule has 0 aliphatic heterocycles. The van der Waals surface area contributed by atoms with Crippen LogP contribution in [-0.4, -0.2) is 58.8 Å². The summed E-state index contributed by atoms with van der Waals surface area (Å²) < 4.78 is 0.534. The second kappa shape index (κ2) is 15.8. The molecule has 3 atom stereocenters. The number of nitrogens with zero attached hydrogens (tertiary/aromatic N) is 1. The van der Waals surface area contributed by atoms with Gasteiger partial charge >= 0.3 is 11.9 Å². The van der Waals surface area contributed by atoms with Crippen LogP contribution in [0.25, 0.3) is 0 Å². The number of carboxylic acid groups (broad SMARTS) is 3. The largest absolute Gasteiger partial charge is 0.550 e. The number of hydrogen-bond donors (Lipinski definition) is 2. The van der Waals surface area contributed by atoms with E-state index in [1.807, 2.05) is 0 Å². The van der Waals surface area contributed by atoms with E-state index in [2.05, 4.69) is 19.1 Å². The van der Waals surface area contributed by atoms with Crippen LogP contribution >= 0.6 is 0 Å². The van der Waals surface area contributed by atoms with Crippen LogP contribution in [0.2, 0.25) is 0 Å². The number of hydrogen-bond acceptors (Lipinski definition) is 4. The molecule has 7 heteroatoms. The average Bonchev–Trinajstić information content (AvgIpc) is 2.72. The molecule has 180 valence electrons. The van der Waals surface area contributed by atoms with Crippen LogP contribution in [0.1, 0.15) is 79.1 Å². The van der Waals surface area contributed by atoms with Gasteiger partial charge in [0.05, 0.1) is 38.0 Å². The van der Waals surface area contributed by atoms with E-state index < -0.39 is 35.7 Å². The van der Waals surface area contributed by atoms with Crippen molar-refractivity contribution in [3.05, 3.63) is 12.2 Å². The predicted molar refractivity (Wildman–Crippen MR) is 119 cm³/mol. The van der Waals surface area contributed by atoms with Gasteiger partial charge in [0, 0.05) is 37.6 Å². The molecular formula is C24H43NO6. The molecule has 0 bridgehead atoms. The fraction of sp³-hybridized carbons (Fsp3) is 0.792. The number of quaternary nitrogens is 1. The summed E-state index contributed by atoms with van der Waals surface area (Å²) in [5.41, 5.74) is 0. The lowest BCUT2D eigenvalue weighted by molar-refractivity contribution is -0.929. The Morgan fingerprint density at radius 2 is 1.23 bits per heavy atom. The molecule has 0 aliphatic carbocycles. The minimum atomic E-state index is -1.09. The standard InChI is InChI=1S/C24H43NO6/c1-5-6-7-8-9-10-11-15-25(16-12-19(2)22(26)27,17-13-20(3)23(28)29)18-14-21(4)24(30)31/h9-10,19-21H,5-8,11-18H2,1-4H3,(H2-,26,27,28,29,30,31)/b10-9+. The van der Waals surface area contributed by atoms with Gasteiger partial charge in [-0.1, -0.05) is 52.7 Å². The first kappa shape index (κ1) is 29.1. The third-order valence-electron chi connectivity index (χ3n) is 6.27. The summed E-state index contributed by atoms with van der Waals surface area (Å²) in [6, 6.07) is 0. The molecule has 0 saturated heterocycles. The lowest BCUT2D eigenvalue weighted by atomic mass is 10.0. The van der Waals surface area contributed by atoms with Crippen LogP contribution in [0.4, 0.5) is 0 Å². The van der Waals surface area contributed by atoms with E-state index >= 15 is 0 Å². The zero-order valence-corrected chi connectivity index (χ0v) is 19.8. The van der Waals surface area contributed by atoms with E-state index in [4.69, 9.17) is 0 Å². The third kappa shape index (κ3) is 13.2. The third-order valence-corrected chi connectivity index (χ3v) is 6.27. The number of rotatable bonds is 19. The summed E-state index contributed by atoms with van der Waals surface area (Å²) in [5, 5.41) is 29.8. The summed E-state index contributed by atoms with van der Waals surface area (Å²) in [5.74, 6) is -4.40. The van der Waals surface area contributed by atoms with Crippen LogP contribution in [0.5, 0.6) is 0 Å². The highest BCUT2D eigenvalue weighted by Crippen LogP contribution is 2.20. The van der Waals surface area contributed by atoms with Crippen molar-refractivity contribution in [2.75, 3.05) is 26.2 Å². The molecule has 0 saturated carbocycles. The van der Waals surface area contributed by atoms with Crippen molar-refractivity contribution in [3.8, 4) is 0 Å². The van der Waals surface area contributed by atoms with Gasteiger partial charge in [-0.25, -0.2) is 0 Å². The summed E-state index contributed by atoms with van der Waals surface area (Å²) in [7, 11) is 0. The average molecular weight is 442 g/mol. The Bertz CT molecular complexity index is 515. The predicted octanol–water partition coefficient (Wildman–Crippen LogP) is 3.33. The number of carbonyl (C=O) groups excluding carboxylic acids is 1. The molecule has 0 amide bonds. The first-order valence-corrected chi connectivity index (χ1v) is 11.7. The lowest BCUT2D eigenvalue weighted by Gasteiger charge is -2.40. The van der Waals surface area contributed by atoms with Crippen molar-refractivity contribution in [3.63, 3.8) is 0 Å². The Kier molecular flexibility index (Phi) is 14.9. The Morgan fingerprint density at radius 3 is 1.65 bits per heavy atom. The van der Waals surface area contributed by atoms with Crippen molar-refractivity contribution < 1.29 is 34.2 Å². The van der Waals surface area contributed by atoms with Crippen molar-refractivity contribution in [1.29, 1.82) is 0 Å². The molecule has 0 aromatic carbocycles. The Morgan fingerprint density at radius 1 is 0.774 bits per heavy atom. The fourth-order valence-electron chi connectivity index (χ4n) is 3.53. The number of carbonyl (C=O) groups is 3. The summed E-state index contributed by atoms with van der Waals surface area (Å²) in [6.45, 7) is 9.62. The molecule has 3 unspecified atom stereocenters. The zero-order valence-electron chi connectivity index (χ0n) is 19.8. The van der Waals surface area contributed by atoms with Gasteiger partial charge in [-0.05, 0) is 12.8 Å². The van der Waals surface area contributed by atoms with Gasteiger partial charge in [-0.2, -0.15) is 0 Å². The Hall–Kier alpha value is -1.89.